The average molecular weight is 433 g/mol. The van der Waals surface area contributed by atoms with Gasteiger partial charge in [0.2, 0.25) is 11.3 Å². The fourth-order valence-corrected chi connectivity index (χ4v) is 2.85. The number of hydrogen-bond donors (Lipinski definition) is 2. The van der Waals surface area contributed by atoms with Crippen molar-refractivity contribution in [1.82, 2.24) is 20.3 Å². The number of unbranched alkanes of at least 4 members (excludes halogenated alkanes) is 1. The summed E-state index contributed by atoms with van der Waals surface area (Å²) in [5.41, 5.74) is 2.15. The van der Waals surface area contributed by atoms with Gasteiger partial charge < -0.3 is 15.4 Å². The van der Waals surface area contributed by atoms with Crippen molar-refractivity contribution in [2.45, 2.75) is 46.6 Å². The minimum atomic E-state index is -0.610. The molecule has 0 saturated carbocycles. The van der Waals surface area contributed by atoms with E-state index < -0.39 is 6.04 Å². The summed E-state index contributed by atoms with van der Waals surface area (Å²) in [6.45, 7) is 8.19. The SMILES string of the molecule is CCCCOC(=O)C(Nc1nc2nonc2nc1Nc1ccc(Cl)c(C)c1)C(C)C. The summed E-state index contributed by atoms with van der Waals surface area (Å²) >= 11 is 6.12. The Bertz CT molecular complexity index is 1020. The number of ether oxygens (including phenoxy) is 1. The van der Waals surface area contributed by atoms with Gasteiger partial charge in [-0.1, -0.05) is 38.8 Å². The van der Waals surface area contributed by atoms with Gasteiger partial charge in [-0.25, -0.2) is 19.4 Å². The van der Waals surface area contributed by atoms with Crippen molar-refractivity contribution in [3.05, 3.63) is 28.8 Å². The van der Waals surface area contributed by atoms with E-state index in [0.717, 1.165) is 24.1 Å². The maximum absolute atomic E-state index is 12.6. The lowest BCUT2D eigenvalue weighted by atomic mass is 10.0. The molecule has 0 spiro atoms. The van der Waals surface area contributed by atoms with Gasteiger partial charge in [-0.3, -0.25) is 0 Å². The monoisotopic (exact) mass is 432 g/mol. The van der Waals surface area contributed by atoms with Crippen molar-refractivity contribution in [1.29, 1.82) is 0 Å². The Morgan fingerprint density at radius 3 is 2.53 bits per heavy atom. The normalized spacial score (nSPS) is 12.2. The van der Waals surface area contributed by atoms with Crippen LogP contribution in [0.1, 0.15) is 39.2 Å². The molecule has 0 bridgehead atoms. The maximum Gasteiger partial charge on any atom is 0.328 e. The van der Waals surface area contributed by atoms with Crippen LogP contribution >= 0.6 is 11.6 Å². The lowest BCUT2D eigenvalue weighted by Crippen LogP contribution is -2.36. The maximum atomic E-state index is 12.6. The van der Waals surface area contributed by atoms with Gasteiger partial charge in [0.15, 0.2) is 11.6 Å². The number of carbonyl (C=O) groups excluding carboxylic acids is 1. The molecule has 9 nitrogen and oxygen atoms in total. The number of hydrogen-bond acceptors (Lipinski definition) is 9. The number of halogens is 1. The predicted molar refractivity (Wildman–Crippen MR) is 115 cm³/mol. The van der Waals surface area contributed by atoms with Gasteiger partial charge in [-0.2, -0.15) is 0 Å². The number of aryl methyl sites for hydroxylation is 1. The fourth-order valence-electron chi connectivity index (χ4n) is 2.74. The van der Waals surface area contributed by atoms with E-state index in [1.165, 1.54) is 0 Å². The van der Waals surface area contributed by atoms with Crippen molar-refractivity contribution >= 4 is 46.2 Å². The second-order valence-corrected chi connectivity index (χ2v) is 7.72. The van der Waals surface area contributed by atoms with Gasteiger partial charge in [0, 0.05) is 10.7 Å². The van der Waals surface area contributed by atoms with Crippen LogP contribution in [0.3, 0.4) is 0 Å². The van der Waals surface area contributed by atoms with E-state index in [-0.39, 0.29) is 23.2 Å². The van der Waals surface area contributed by atoms with E-state index in [2.05, 4.69) is 30.9 Å². The number of anilines is 3. The molecular formula is C20H25ClN6O3. The Labute approximate surface area is 179 Å². The number of aromatic nitrogens is 4. The molecule has 0 fully saturated rings. The lowest BCUT2D eigenvalue weighted by molar-refractivity contribution is -0.145. The molecule has 2 aromatic heterocycles. The highest BCUT2D eigenvalue weighted by molar-refractivity contribution is 6.31. The Morgan fingerprint density at radius 1 is 1.20 bits per heavy atom. The highest BCUT2D eigenvalue weighted by Gasteiger charge is 2.26. The van der Waals surface area contributed by atoms with Crippen LogP contribution in [0.25, 0.3) is 11.3 Å². The first-order chi connectivity index (χ1) is 14.4. The molecule has 3 aromatic rings. The largest absolute Gasteiger partial charge is 0.464 e. The van der Waals surface area contributed by atoms with Crippen molar-refractivity contribution in [2.24, 2.45) is 5.92 Å². The summed E-state index contributed by atoms with van der Waals surface area (Å²) in [5, 5.41) is 14.5. The molecule has 3 rings (SSSR count). The molecule has 160 valence electrons. The molecule has 0 aliphatic carbocycles. The molecule has 1 aromatic carbocycles. The minimum Gasteiger partial charge on any atom is -0.464 e. The van der Waals surface area contributed by atoms with Gasteiger partial charge in [-0.15, -0.1) is 0 Å². The van der Waals surface area contributed by atoms with Crippen LogP contribution in [0.2, 0.25) is 5.02 Å². The van der Waals surface area contributed by atoms with E-state index >= 15 is 0 Å². The molecule has 0 saturated heterocycles. The van der Waals surface area contributed by atoms with Crippen LogP contribution in [0.5, 0.6) is 0 Å². The minimum absolute atomic E-state index is 0.0438. The smallest absolute Gasteiger partial charge is 0.328 e. The first-order valence-electron chi connectivity index (χ1n) is 9.85. The third-order valence-electron chi connectivity index (χ3n) is 4.49. The van der Waals surface area contributed by atoms with Gasteiger partial charge >= 0.3 is 5.97 Å². The molecular weight excluding hydrogens is 408 g/mol. The third-order valence-corrected chi connectivity index (χ3v) is 4.91. The summed E-state index contributed by atoms with van der Waals surface area (Å²) in [5.74, 6) is 0.341. The predicted octanol–water partition coefficient (Wildman–Crippen LogP) is 4.50. The molecule has 0 amide bonds. The van der Waals surface area contributed by atoms with Crippen molar-refractivity contribution in [3.63, 3.8) is 0 Å². The summed E-state index contributed by atoms with van der Waals surface area (Å²) in [7, 11) is 0. The number of rotatable bonds is 9. The van der Waals surface area contributed by atoms with Gasteiger partial charge in [0.25, 0.3) is 0 Å². The van der Waals surface area contributed by atoms with Crippen LogP contribution in [-0.4, -0.2) is 38.9 Å². The Balaban J connectivity index is 1.91. The fraction of sp³-hybridized carbons (Fsp3) is 0.450. The molecule has 2 heterocycles. The van der Waals surface area contributed by atoms with Crippen molar-refractivity contribution in [3.8, 4) is 0 Å². The Hall–Kier alpha value is -2.94. The number of nitrogens with zero attached hydrogens (tertiary/aromatic N) is 4. The topological polar surface area (TPSA) is 115 Å². The summed E-state index contributed by atoms with van der Waals surface area (Å²) in [6.07, 6.45) is 1.76. The van der Waals surface area contributed by atoms with Crippen LogP contribution < -0.4 is 10.6 Å². The zero-order valence-corrected chi connectivity index (χ0v) is 18.2. The van der Waals surface area contributed by atoms with Crippen molar-refractivity contribution < 1.29 is 14.2 Å². The molecule has 10 heteroatoms. The van der Waals surface area contributed by atoms with Crippen LogP contribution in [0.4, 0.5) is 17.3 Å². The third kappa shape index (κ3) is 5.15. The van der Waals surface area contributed by atoms with E-state index in [0.29, 0.717) is 23.3 Å². The van der Waals surface area contributed by atoms with Crippen LogP contribution in [0, 0.1) is 12.8 Å². The molecule has 0 aliphatic heterocycles. The number of carbonyl (C=O) groups is 1. The van der Waals surface area contributed by atoms with E-state index in [1.54, 1.807) is 6.07 Å². The first kappa shape index (κ1) is 21.8. The zero-order valence-electron chi connectivity index (χ0n) is 17.4. The summed E-state index contributed by atoms with van der Waals surface area (Å²) < 4.78 is 10.1. The second-order valence-electron chi connectivity index (χ2n) is 7.31. The summed E-state index contributed by atoms with van der Waals surface area (Å²) in [4.78, 5) is 21.5. The number of esters is 1. The number of fused-ring (bicyclic) bond motifs is 1. The number of benzene rings is 1. The molecule has 2 N–H and O–H groups in total. The molecule has 0 radical (unpaired) electrons. The standard InChI is InChI=1S/C20H25ClN6O3/c1-5-6-9-29-20(28)15(11(2)3)23-17-16(24-18-19(25-17)27-30-26-18)22-13-7-8-14(21)12(4)10-13/h7-8,10-11,15H,5-6,9H2,1-4H3,(H,22,24,26)(H,23,25,27). The highest BCUT2D eigenvalue weighted by atomic mass is 35.5. The van der Waals surface area contributed by atoms with Crippen molar-refractivity contribution in [2.75, 3.05) is 17.2 Å². The quantitative estimate of drug-likeness (QED) is 0.372. The first-order valence-corrected chi connectivity index (χ1v) is 10.2. The van der Waals surface area contributed by atoms with Gasteiger partial charge in [0.1, 0.15) is 6.04 Å². The molecule has 1 atom stereocenters. The average Bonchev–Trinajstić information content (AvgIpc) is 3.16. The number of nitrogens with one attached hydrogen (secondary N) is 2. The van der Waals surface area contributed by atoms with Crippen LogP contribution in [0.15, 0.2) is 22.8 Å². The second kappa shape index (κ2) is 9.71. The zero-order chi connectivity index (χ0) is 21.7. The highest BCUT2D eigenvalue weighted by Crippen LogP contribution is 2.27. The molecule has 30 heavy (non-hydrogen) atoms. The van der Waals surface area contributed by atoms with Gasteiger partial charge in [0.05, 0.1) is 6.61 Å². The van der Waals surface area contributed by atoms with E-state index in [1.807, 2.05) is 39.8 Å². The van der Waals surface area contributed by atoms with Crippen LogP contribution in [-0.2, 0) is 9.53 Å². The Morgan fingerprint density at radius 2 is 1.90 bits per heavy atom. The molecule has 0 aliphatic rings. The molecule has 1 unspecified atom stereocenters. The lowest BCUT2D eigenvalue weighted by Gasteiger charge is -2.22. The van der Waals surface area contributed by atoms with Gasteiger partial charge in [-0.05, 0) is 53.3 Å². The van der Waals surface area contributed by atoms with E-state index in [4.69, 9.17) is 21.0 Å². The van der Waals surface area contributed by atoms with E-state index in [9.17, 15) is 4.79 Å². The Kier molecular flexibility index (Phi) is 7.04. The summed E-state index contributed by atoms with van der Waals surface area (Å²) in [6, 6.07) is 4.89.